The first-order chi connectivity index (χ1) is 5.15. The van der Waals surface area contributed by atoms with Crippen LogP contribution in [-0.2, 0) is 14.3 Å². The second-order valence-corrected chi connectivity index (χ2v) is 2.35. The summed E-state index contributed by atoms with van der Waals surface area (Å²) in [7, 11) is 0. The van der Waals surface area contributed by atoms with E-state index in [4.69, 9.17) is 10.2 Å². The average molecular weight is 160 g/mol. The van der Waals surface area contributed by atoms with E-state index in [2.05, 4.69) is 4.74 Å². The van der Waals surface area contributed by atoms with Crippen molar-refractivity contribution in [3.05, 3.63) is 0 Å². The van der Waals surface area contributed by atoms with Crippen molar-refractivity contribution in [2.24, 2.45) is 0 Å². The third-order valence-corrected chi connectivity index (χ3v) is 1.52. The minimum absolute atomic E-state index is 0.0151. The summed E-state index contributed by atoms with van der Waals surface area (Å²) in [4.78, 5) is 20.5. The molecule has 0 bridgehead atoms. The third kappa shape index (κ3) is 1.55. The molecule has 0 aromatic heterocycles. The monoisotopic (exact) mass is 160 g/mol. The highest BCUT2D eigenvalue weighted by Gasteiger charge is 2.36. The molecule has 0 aliphatic carbocycles. The predicted molar refractivity (Wildman–Crippen MR) is 32.6 cm³/mol. The zero-order valence-electron chi connectivity index (χ0n) is 5.64. The van der Waals surface area contributed by atoms with E-state index in [0.717, 1.165) is 0 Å². The van der Waals surface area contributed by atoms with Crippen LogP contribution < -0.4 is 0 Å². The fraction of sp³-hybridized carbons (Fsp3) is 0.667. The Morgan fingerprint density at radius 1 is 1.73 bits per heavy atom. The highest BCUT2D eigenvalue weighted by molar-refractivity contribution is 5.77. The molecule has 3 atom stereocenters. The lowest BCUT2D eigenvalue weighted by atomic mass is 10.1. The van der Waals surface area contributed by atoms with Gasteiger partial charge in [0.05, 0.1) is 0 Å². The maximum atomic E-state index is 10.5. The maximum Gasteiger partial charge on any atom is 0.335 e. The van der Waals surface area contributed by atoms with Crippen LogP contribution in [0, 0.1) is 0 Å². The van der Waals surface area contributed by atoms with Crippen molar-refractivity contribution in [3.8, 4) is 0 Å². The van der Waals surface area contributed by atoms with Crippen LogP contribution in [0.15, 0.2) is 0 Å². The number of rotatable bonds is 2. The summed E-state index contributed by atoms with van der Waals surface area (Å²) in [6, 6.07) is 0. The molecule has 0 saturated carbocycles. The molecular formula is C6H8O5. The lowest BCUT2D eigenvalue weighted by molar-refractivity contribution is -0.150. The molecule has 2 N–H and O–H groups in total. The van der Waals surface area contributed by atoms with Crippen LogP contribution in [0.4, 0.5) is 0 Å². The molecule has 1 heterocycles. The molecule has 0 aromatic carbocycles. The van der Waals surface area contributed by atoms with Gasteiger partial charge in [0.1, 0.15) is 12.2 Å². The summed E-state index contributed by atoms with van der Waals surface area (Å²) in [5.41, 5.74) is 0. The van der Waals surface area contributed by atoms with Crippen LogP contribution in [0.5, 0.6) is 0 Å². The molecule has 5 nitrogen and oxygen atoms in total. The molecule has 11 heavy (non-hydrogen) atoms. The van der Waals surface area contributed by atoms with E-state index in [9.17, 15) is 9.59 Å². The fourth-order valence-corrected chi connectivity index (χ4v) is 0.889. The molecule has 5 heteroatoms. The molecule has 0 unspecified atom stereocenters. The lowest BCUT2D eigenvalue weighted by Gasteiger charge is -2.09. The van der Waals surface area contributed by atoms with E-state index < -0.39 is 24.3 Å². The summed E-state index contributed by atoms with van der Waals surface area (Å²) < 4.78 is 4.46. The molecule has 0 aromatic rings. The van der Waals surface area contributed by atoms with Gasteiger partial charge >= 0.3 is 5.97 Å². The Kier molecular flexibility index (Phi) is 2.21. The Balaban J connectivity index is 2.53. The minimum atomic E-state index is -1.32. The van der Waals surface area contributed by atoms with E-state index in [1.165, 1.54) is 0 Å². The first-order valence-corrected chi connectivity index (χ1v) is 3.17. The van der Waals surface area contributed by atoms with Crippen molar-refractivity contribution < 1.29 is 24.5 Å². The van der Waals surface area contributed by atoms with Gasteiger partial charge in [-0.3, -0.25) is 0 Å². The van der Waals surface area contributed by atoms with Crippen molar-refractivity contribution in [2.75, 3.05) is 0 Å². The van der Waals surface area contributed by atoms with Crippen molar-refractivity contribution in [1.82, 2.24) is 0 Å². The standard InChI is InChI=1S/C6H8O5/c7-2-4(9)5-1-3(8)6(10)11-5/h2-5,8-9H,1H2/t3-,4-,5-/m0/s1. The normalized spacial score (nSPS) is 33.1. The van der Waals surface area contributed by atoms with E-state index in [0.29, 0.717) is 0 Å². The number of hydrogen-bond donors (Lipinski definition) is 2. The summed E-state index contributed by atoms with van der Waals surface area (Å²) >= 11 is 0. The lowest BCUT2D eigenvalue weighted by Crippen LogP contribution is -2.26. The molecule has 1 rings (SSSR count). The Bertz CT molecular complexity index is 178. The molecule has 1 saturated heterocycles. The fourth-order valence-electron chi connectivity index (χ4n) is 0.889. The van der Waals surface area contributed by atoms with Crippen molar-refractivity contribution in [1.29, 1.82) is 0 Å². The van der Waals surface area contributed by atoms with Gasteiger partial charge in [0, 0.05) is 6.42 Å². The van der Waals surface area contributed by atoms with Crippen LogP contribution in [-0.4, -0.2) is 40.8 Å². The first kappa shape index (κ1) is 8.16. The number of ether oxygens (including phenoxy) is 1. The third-order valence-electron chi connectivity index (χ3n) is 1.52. The number of aliphatic hydroxyl groups excluding tert-OH is 2. The van der Waals surface area contributed by atoms with Crippen LogP contribution in [0.1, 0.15) is 6.42 Å². The van der Waals surface area contributed by atoms with Gasteiger partial charge in [0.2, 0.25) is 0 Å². The van der Waals surface area contributed by atoms with Gasteiger partial charge in [-0.05, 0) is 0 Å². The number of aldehydes is 1. The second kappa shape index (κ2) is 2.98. The summed E-state index contributed by atoms with van der Waals surface area (Å²) in [6.07, 6.45) is -3.14. The Morgan fingerprint density at radius 3 is 2.73 bits per heavy atom. The second-order valence-electron chi connectivity index (χ2n) is 2.35. The SMILES string of the molecule is O=C[C@H](O)[C@@H]1C[C@H](O)C(=O)O1. The number of carbonyl (C=O) groups is 2. The van der Waals surface area contributed by atoms with E-state index >= 15 is 0 Å². The van der Waals surface area contributed by atoms with Gasteiger partial charge < -0.3 is 19.7 Å². The smallest absolute Gasteiger partial charge is 0.335 e. The van der Waals surface area contributed by atoms with Gasteiger partial charge in [0.25, 0.3) is 0 Å². The molecule has 0 radical (unpaired) electrons. The molecule has 0 spiro atoms. The molecular weight excluding hydrogens is 152 g/mol. The number of carbonyl (C=O) groups excluding carboxylic acids is 2. The molecule has 62 valence electrons. The first-order valence-electron chi connectivity index (χ1n) is 3.17. The van der Waals surface area contributed by atoms with Gasteiger partial charge in [-0.15, -0.1) is 0 Å². The van der Waals surface area contributed by atoms with Gasteiger partial charge in [-0.25, -0.2) is 4.79 Å². The average Bonchev–Trinajstić information content (AvgIpc) is 2.31. The summed E-state index contributed by atoms with van der Waals surface area (Å²) in [5, 5.41) is 17.6. The Labute approximate surface area is 62.6 Å². The largest absolute Gasteiger partial charge is 0.457 e. The Morgan fingerprint density at radius 2 is 2.36 bits per heavy atom. The number of aliphatic hydroxyl groups is 2. The summed E-state index contributed by atoms with van der Waals surface area (Å²) in [6.45, 7) is 0. The van der Waals surface area contributed by atoms with Gasteiger partial charge in [-0.2, -0.15) is 0 Å². The van der Waals surface area contributed by atoms with Crippen LogP contribution in [0.3, 0.4) is 0 Å². The maximum absolute atomic E-state index is 10.5. The van der Waals surface area contributed by atoms with Crippen molar-refractivity contribution >= 4 is 12.3 Å². The van der Waals surface area contributed by atoms with Crippen LogP contribution in [0.2, 0.25) is 0 Å². The van der Waals surface area contributed by atoms with Gasteiger partial charge in [0.15, 0.2) is 12.4 Å². The van der Waals surface area contributed by atoms with Crippen LogP contribution >= 0.6 is 0 Å². The number of cyclic esters (lactones) is 1. The molecule has 1 aliphatic rings. The molecule has 1 aliphatic heterocycles. The van der Waals surface area contributed by atoms with Crippen molar-refractivity contribution in [3.63, 3.8) is 0 Å². The Hall–Kier alpha value is -0.940. The molecule has 1 fully saturated rings. The van der Waals surface area contributed by atoms with Crippen molar-refractivity contribution in [2.45, 2.75) is 24.7 Å². The van der Waals surface area contributed by atoms with Crippen LogP contribution in [0.25, 0.3) is 0 Å². The number of esters is 1. The highest BCUT2D eigenvalue weighted by Crippen LogP contribution is 2.16. The quantitative estimate of drug-likeness (QED) is 0.368. The highest BCUT2D eigenvalue weighted by atomic mass is 16.6. The predicted octanol–water partition coefficient (Wildman–Crippen LogP) is -1.78. The number of hydrogen-bond acceptors (Lipinski definition) is 5. The van der Waals surface area contributed by atoms with Gasteiger partial charge in [-0.1, -0.05) is 0 Å². The summed E-state index contributed by atoms with van der Waals surface area (Å²) in [5.74, 6) is -0.782. The van der Waals surface area contributed by atoms with E-state index in [-0.39, 0.29) is 12.7 Å². The minimum Gasteiger partial charge on any atom is -0.457 e. The molecule has 0 amide bonds. The van der Waals surface area contributed by atoms with E-state index in [1.807, 2.05) is 0 Å². The zero-order valence-corrected chi connectivity index (χ0v) is 5.64. The topological polar surface area (TPSA) is 83.8 Å². The zero-order chi connectivity index (χ0) is 8.43. The van der Waals surface area contributed by atoms with E-state index in [1.54, 1.807) is 0 Å².